The zero-order chi connectivity index (χ0) is 18.0. The minimum Gasteiger partial charge on any atom is -0.381 e. The topological polar surface area (TPSA) is 9.23 Å². The van der Waals surface area contributed by atoms with Crippen molar-refractivity contribution < 1.29 is 4.74 Å². The van der Waals surface area contributed by atoms with Gasteiger partial charge in [-0.1, -0.05) is 113 Å². The molecule has 0 aliphatic carbocycles. The largest absolute Gasteiger partial charge is 0.381 e. The normalized spacial score (nSPS) is 10.2. The predicted molar refractivity (Wildman–Crippen MR) is 111 cm³/mol. The lowest BCUT2D eigenvalue weighted by Crippen LogP contribution is -1.96. The van der Waals surface area contributed by atoms with Gasteiger partial charge in [0.05, 0.1) is 0 Å². The fraction of sp³-hybridized carbons (Fsp3) is 0.500. The highest BCUT2D eigenvalue weighted by Crippen LogP contribution is 2.17. The zero-order valence-corrected chi connectivity index (χ0v) is 16.3. The molecule has 0 saturated heterocycles. The molecule has 0 saturated carbocycles. The van der Waals surface area contributed by atoms with Gasteiger partial charge >= 0.3 is 0 Å². The predicted octanol–water partition coefficient (Wildman–Crippen LogP) is 7.52. The van der Waals surface area contributed by atoms with E-state index in [0.29, 0.717) is 0 Å². The fourth-order valence-corrected chi connectivity index (χ4v) is 2.63. The first-order valence-corrected chi connectivity index (χ1v) is 10.1. The Morgan fingerprint density at radius 2 is 0.920 bits per heavy atom. The van der Waals surface area contributed by atoms with E-state index in [0.717, 1.165) is 13.2 Å². The molecule has 0 aliphatic heterocycles. The van der Waals surface area contributed by atoms with Gasteiger partial charge < -0.3 is 4.74 Å². The lowest BCUT2D eigenvalue weighted by Gasteiger charge is -2.03. The van der Waals surface area contributed by atoms with Gasteiger partial charge in [0.25, 0.3) is 0 Å². The molecule has 1 heteroatoms. The van der Waals surface area contributed by atoms with Gasteiger partial charge in [-0.05, 0) is 24.0 Å². The molecule has 0 heterocycles. The minimum atomic E-state index is 0.978. The first-order chi connectivity index (χ1) is 12.4. The second kappa shape index (κ2) is 15.9. The van der Waals surface area contributed by atoms with Gasteiger partial charge in [-0.15, -0.1) is 0 Å². The van der Waals surface area contributed by atoms with E-state index in [2.05, 4.69) is 62.4 Å². The Bertz CT molecular complexity index is 445. The van der Waals surface area contributed by atoms with Crippen LogP contribution in [0.15, 0.2) is 60.7 Å². The maximum Gasteiger partial charge on any atom is 0.0466 e. The highest BCUT2D eigenvalue weighted by Gasteiger charge is 1.92. The van der Waals surface area contributed by atoms with Gasteiger partial charge in [-0.3, -0.25) is 0 Å². The van der Waals surface area contributed by atoms with E-state index < -0.39 is 0 Å². The maximum absolute atomic E-state index is 5.53. The molecular weight excluding hydrogens is 304 g/mol. The van der Waals surface area contributed by atoms with Crippen LogP contribution >= 0.6 is 0 Å². The summed E-state index contributed by atoms with van der Waals surface area (Å²) in [7, 11) is 0. The van der Waals surface area contributed by atoms with Crippen LogP contribution in [0, 0.1) is 0 Å². The molecule has 2 aromatic rings. The fourth-order valence-electron chi connectivity index (χ4n) is 2.63. The van der Waals surface area contributed by atoms with Crippen molar-refractivity contribution in [1.29, 1.82) is 0 Å². The van der Waals surface area contributed by atoms with Crippen molar-refractivity contribution in [3.63, 3.8) is 0 Å². The molecule has 1 nitrogen and oxygen atoms in total. The maximum atomic E-state index is 5.53. The molecular formula is C24H36O. The number of ether oxygens (including phenoxy) is 1. The first kappa shape index (κ1) is 21.4. The molecule has 0 aliphatic rings. The van der Waals surface area contributed by atoms with Crippen LogP contribution in [0.2, 0.25) is 0 Å². The molecule has 0 radical (unpaired) electrons. The highest BCUT2D eigenvalue weighted by atomic mass is 16.5. The van der Waals surface area contributed by atoms with Crippen LogP contribution in [0.5, 0.6) is 0 Å². The van der Waals surface area contributed by atoms with Crippen LogP contribution in [-0.2, 0) is 4.74 Å². The average Bonchev–Trinajstić information content (AvgIpc) is 2.69. The molecule has 0 atom stereocenters. The molecule has 25 heavy (non-hydrogen) atoms. The number of hydrogen-bond acceptors (Lipinski definition) is 1. The van der Waals surface area contributed by atoms with Crippen molar-refractivity contribution in [2.24, 2.45) is 0 Å². The summed E-state index contributed by atoms with van der Waals surface area (Å²) in [6.45, 7) is 6.44. The second-order valence-electron chi connectivity index (χ2n) is 6.47. The molecule has 0 unspecified atom stereocenters. The van der Waals surface area contributed by atoms with Crippen LogP contribution in [-0.4, -0.2) is 13.2 Å². The van der Waals surface area contributed by atoms with Gasteiger partial charge in [0, 0.05) is 13.2 Å². The molecule has 0 N–H and O–H groups in total. The van der Waals surface area contributed by atoms with E-state index in [1.807, 2.05) is 12.1 Å². The van der Waals surface area contributed by atoms with E-state index in [4.69, 9.17) is 4.74 Å². The average molecular weight is 341 g/mol. The lowest BCUT2D eigenvalue weighted by atomic mass is 10.1. The lowest BCUT2D eigenvalue weighted by molar-refractivity contribution is 0.126. The van der Waals surface area contributed by atoms with Crippen LogP contribution < -0.4 is 0 Å². The summed E-state index contributed by atoms with van der Waals surface area (Å²) in [6, 6.07) is 20.8. The molecule has 0 aromatic heterocycles. The van der Waals surface area contributed by atoms with Crippen molar-refractivity contribution in [2.45, 2.75) is 65.2 Å². The molecule has 0 fully saturated rings. The number of hydrogen-bond donors (Lipinski definition) is 0. The summed E-state index contributed by atoms with van der Waals surface area (Å²) < 4.78 is 5.53. The Hall–Kier alpha value is -1.60. The van der Waals surface area contributed by atoms with Crippen molar-refractivity contribution in [3.8, 4) is 11.1 Å². The molecule has 2 rings (SSSR count). The Labute approximate surface area is 155 Å². The summed E-state index contributed by atoms with van der Waals surface area (Å²) in [4.78, 5) is 0. The van der Waals surface area contributed by atoms with E-state index in [9.17, 15) is 0 Å². The van der Waals surface area contributed by atoms with Crippen molar-refractivity contribution in [3.05, 3.63) is 60.7 Å². The molecule has 2 aromatic carbocycles. The van der Waals surface area contributed by atoms with Gasteiger partial charge in [0.2, 0.25) is 0 Å². The third-order valence-electron chi connectivity index (χ3n) is 4.17. The van der Waals surface area contributed by atoms with E-state index in [1.165, 1.54) is 62.5 Å². The highest BCUT2D eigenvalue weighted by molar-refractivity contribution is 5.62. The first-order valence-electron chi connectivity index (χ1n) is 10.1. The summed E-state index contributed by atoms with van der Waals surface area (Å²) in [5.41, 5.74) is 2.55. The van der Waals surface area contributed by atoms with Crippen LogP contribution in [0.25, 0.3) is 11.1 Å². The van der Waals surface area contributed by atoms with Gasteiger partial charge in [0.1, 0.15) is 0 Å². The SMILES string of the molecule is CCCCCCOCCCCCC.c1ccc(-c2ccccc2)cc1. The van der Waals surface area contributed by atoms with Gasteiger partial charge in [-0.25, -0.2) is 0 Å². The van der Waals surface area contributed by atoms with Crippen LogP contribution in [0.1, 0.15) is 65.2 Å². The quantitative estimate of drug-likeness (QED) is 0.384. The zero-order valence-electron chi connectivity index (χ0n) is 16.3. The third-order valence-corrected chi connectivity index (χ3v) is 4.17. The van der Waals surface area contributed by atoms with Crippen molar-refractivity contribution in [2.75, 3.05) is 13.2 Å². The molecule has 0 bridgehead atoms. The van der Waals surface area contributed by atoms with E-state index in [1.54, 1.807) is 0 Å². The van der Waals surface area contributed by atoms with Gasteiger partial charge in [0.15, 0.2) is 0 Å². The van der Waals surface area contributed by atoms with Crippen LogP contribution in [0.3, 0.4) is 0 Å². The number of benzene rings is 2. The Morgan fingerprint density at radius 1 is 0.520 bits per heavy atom. The minimum absolute atomic E-state index is 0.978. The smallest absolute Gasteiger partial charge is 0.0466 e. The Balaban J connectivity index is 0.000000250. The number of rotatable bonds is 11. The monoisotopic (exact) mass is 340 g/mol. The molecule has 138 valence electrons. The third kappa shape index (κ3) is 11.6. The molecule has 0 amide bonds. The van der Waals surface area contributed by atoms with E-state index in [-0.39, 0.29) is 0 Å². The Kier molecular flexibility index (Phi) is 13.6. The summed E-state index contributed by atoms with van der Waals surface area (Å²) in [6.07, 6.45) is 10.5. The van der Waals surface area contributed by atoms with Crippen LogP contribution in [0.4, 0.5) is 0 Å². The Morgan fingerprint density at radius 3 is 1.28 bits per heavy atom. The van der Waals surface area contributed by atoms with Gasteiger partial charge in [-0.2, -0.15) is 0 Å². The summed E-state index contributed by atoms with van der Waals surface area (Å²) in [5, 5.41) is 0. The number of unbranched alkanes of at least 4 members (excludes halogenated alkanes) is 6. The molecule has 0 spiro atoms. The van der Waals surface area contributed by atoms with E-state index >= 15 is 0 Å². The second-order valence-corrected chi connectivity index (χ2v) is 6.47. The summed E-state index contributed by atoms with van der Waals surface area (Å²) >= 11 is 0. The standard InChI is InChI=1S/C12H26O.C12H10/c1-3-5-7-9-11-13-12-10-8-6-4-2;1-3-7-11(8-4-1)12-9-5-2-6-10-12/h3-12H2,1-2H3;1-10H. The summed E-state index contributed by atoms with van der Waals surface area (Å²) in [5.74, 6) is 0. The van der Waals surface area contributed by atoms with Crippen molar-refractivity contribution >= 4 is 0 Å². The van der Waals surface area contributed by atoms with Crippen molar-refractivity contribution in [1.82, 2.24) is 0 Å².